The number of alkyl halides is 3. The second-order valence-electron chi connectivity index (χ2n) is 4.73. The summed E-state index contributed by atoms with van der Waals surface area (Å²) in [6, 6.07) is 3.56. The highest BCUT2D eigenvalue weighted by Gasteiger charge is 2.28. The fourth-order valence-electron chi connectivity index (χ4n) is 2.16. The number of hydrogen-bond donors (Lipinski definition) is 0. The maximum Gasteiger partial charge on any atom is 0.410 e. The van der Waals surface area contributed by atoms with Crippen LogP contribution in [0.5, 0.6) is 0 Å². The largest absolute Gasteiger partial charge is 0.410 e. The highest BCUT2D eigenvalue weighted by atomic mass is 19.4. The molecule has 0 saturated carbocycles. The van der Waals surface area contributed by atoms with E-state index in [1.807, 2.05) is 4.90 Å². The Kier molecular flexibility index (Phi) is 4.44. The number of amides is 1. The van der Waals surface area contributed by atoms with Gasteiger partial charge in [0.15, 0.2) is 5.82 Å². The molecule has 1 amide bonds. The molecule has 1 fully saturated rings. The average Bonchev–Trinajstić information content (AvgIpc) is 2.46. The molecule has 1 saturated heterocycles. The van der Waals surface area contributed by atoms with Crippen LogP contribution in [0.1, 0.15) is 6.92 Å². The number of anilines is 1. The number of nitrogens with zero attached hydrogens (tertiary/aromatic N) is 4. The summed E-state index contributed by atoms with van der Waals surface area (Å²) in [6.45, 7) is 2.94. The SMILES string of the molecule is CC(=CC(F)(F)F)C(=O)N1CCN(c2cccnn2)CC1. The molecule has 21 heavy (non-hydrogen) atoms. The van der Waals surface area contributed by atoms with Crippen LogP contribution in [0.25, 0.3) is 0 Å². The summed E-state index contributed by atoms with van der Waals surface area (Å²) in [5, 5.41) is 7.74. The van der Waals surface area contributed by atoms with Crippen LogP contribution in [0.4, 0.5) is 19.0 Å². The van der Waals surface area contributed by atoms with E-state index in [0.29, 0.717) is 32.0 Å². The first-order valence-electron chi connectivity index (χ1n) is 6.45. The molecule has 1 aliphatic rings. The second kappa shape index (κ2) is 6.11. The second-order valence-corrected chi connectivity index (χ2v) is 4.73. The van der Waals surface area contributed by atoms with Gasteiger partial charge in [0.1, 0.15) is 0 Å². The van der Waals surface area contributed by atoms with Gasteiger partial charge < -0.3 is 9.80 Å². The third-order valence-corrected chi connectivity index (χ3v) is 3.17. The number of piperazine rings is 1. The number of carbonyl (C=O) groups excluding carboxylic acids is 1. The molecule has 1 aromatic heterocycles. The van der Waals surface area contributed by atoms with Crippen molar-refractivity contribution in [2.75, 3.05) is 31.1 Å². The fraction of sp³-hybridized carbons (Fsp3) is 0.462. The van der Waals surface area contributed by atoms with Gasteiger partial charge in [-0.05, 0) is 19.1 Å². The van der Waals surface area contributed by atoms with Crippen LogP contribution in [0.2, 0.25) is 0 Å². The first kappa shape index (κ1) is 15.3. The molecule has 0 radical (unpaired) electrons. The number of halogens is 3. The molecule has 0 bridgehead atoms. The Labute approximate surface area is 120 Å². The quantitative estimate of drug-likeness (QED) is 0.779. The minimum absolute atomic E-state index is 0.0460. The summed E-state index contributed by atoms with van der Waals surface area (Å²) in [7, 11) is 0. The van der Waals surface area contributed by atoms with Crippen molar-refractivity contribution in [3.63, 3.8) is 0 Å². The van der Waals surface area contributed by atoms with Crippen LogP contribution < -0.4 is 4.90 Å². The van der Waals surface area contributed by atoms with Gasteiger partial charge in [-0.2, -0.15) is 18.3 Å². The minimum Gasteiger partial charge on any atom is -0.352 e. The van der Waals surface area contributed by atoms with Crippen LogP contribution >= 0.6 is 0 Å². The predicted molar refractivity (Wildman–Crippen MR) is 70.6 cm³/mol. The molecule has 0 N–H and O–H groups in total. The monoisotopic (exact) mass is 300 g/mol. The van der Waals surface area contributed by atoms with Gasteiger partial charge >= 0.3 is 6.18 Å². The molecule has 1 aliphatic heterocycles. The van der Waals surface area contributed by atoms with Crippen molar-refractivity contribution in [3.8, 4) is 0 Å². The zero-order chi connectivity index (χ0) is 15.5. The van der Waals surface area contributed by atoms with Crippen molar-refractivity contribution < 1.29 is 18.0 Å². The molecule has 1 aromatic rings. The molecule has 5 nitrogen and oxygen atoms in total. The average molecular weight is 300 g/mol. The minimum atomic E-state index is -4.47. The Morgan fingerprint density at radius 1 is 1.29 bits per heavy atom. The van der Waals surface area contributed by atoms with E-state index in [0.717, 1.165) is 0 Å². The van der Waals surface area contributed by atoms with Crippen LogP contribution in [0.15, 0.2) is 30.0 Å². The molecule has 114 valence electrons. The van der Waals surface area contributed by atoms with Crippen molar-refractivity contribution in [3.05, 3.63) is 30.0 Å². The molecule has 2 rings (SSSR count). The van der Waals surface area contributed by atoms with Crippen molar-refractivity contribution in [1.29, 1.82) is 0 Å². The highest BCUT2D eigenvalue weighted by molar-refractivity contribution is 5.93. The van der Waals surface area contributed by atoms with Gasteiger partial charge in [0.05, 0.1) is 0 Å². The molecule has 0 unspecified atom stereocenters. The molecule has 0 aromatic carbocycles. The Balaban J connectivity index is 1.95. The summed E-state index contributed by atoms with van der Waals surface area (Å²) in [5.74, 6) is 0.123. The van der Waals surface area contributed by atoms with E-state index in [9.17, 15) is 18.0 Å². The molecule has 0 spiro atoms. The smallest absolute Gasteiger partial charge is 0.352 e. The maximum atomic E-state index is 12.2. The topological polar surface area (TPSA) is 49.3 Å². The van der Waals surface area contributed by atoms with Gasteiger partial charge in [-0.15, -0.1) is 5.10 Å². The van der Waals surface area contributed by atoms with Crippen LogP contribution in [0, 0.1) is 0 Å². The molecular formula is C13H15F3N4O. The Bertz CT molecular complexity index is 522. The first-order chi connectivity index (χ1) is 9.87. The standard InChI is InChI=1S/C13H15F3N4O/c1-10(9-13(14,15)16)12(21)20-7-5-19(6-8-20)11-3-2-4-17-18-11/h2-4,9H,5-8H2,1H3. The highest BCUT2D eigenvalue weighted by Crippen LogP contribution is 2.20. The summed E-state index contributed by atoms with van der Waals surface area (Å²) in [6.07, 6.45) is -2.86. The van der Waals surface area contributed by atoms with Crippen molar-refractivity contribution in [2.45, 2.75) is 13.1 Å². The van der Waals surface area contributed by atoms with Crippen LogP contribution in [-0.4, -0.2) is 53.4 Å². The van der Waals surface area contributed by atoms with Gasteiger partial charge in [0, 0.05) is 44.0 Å². The number of hydrogen-bond acceptors (Lipinski definition) is 4. The fourth-order valence-corrected chi connectivity index (χ4v) is 2.16. The molecule has 0 atom stereocenters. The van der Waals surface area contributed by atoms with Gasteiger partial charge in [0.2, 0.25) is 5.91 Å². The Morgan fingerprint density at radius 3 is 2.48 bits per heavy atom. The first-order valence-corrected chi connectivity index (χ1v) is 6.45. The van der Waals surface area contributed by atoms with E-state index >= 15 is 0 Å². The summed E-state index contributed by atoms with van der Waals surface area (Å²) in [5.41, 5.74) is -0.296. The third kappa shape index (κ3) is 4.17. The van der Waals surface area contributed by atoms with Gasteiger partial charge in [-0.25, -0.2) is 0 Å². The number of allylic oxidation sites excluding steroid dienone is 1. The maximum absolute atomic E-state index is 12.2. The van der Waals surface area contributed by atoms with E-state index < -0.39 is 12.1 Å². The van der Waals surface area contributed by atoms with E-state index in [1.165, 1.54) is 11.8 Å². The lowest BCUT2D eigenvalue weighted by molar-refractivity contribution is -0.128. The molecular weight excluding hydrogens is 285 g/mol. The third-order valence-electron chi connectivity index (χ3n) is 3.17. The van der Waals surface area contributed by atoms with Crippen LogP contribution in [-0.2, 0) is 4.79 Å². The predicted octanol–water partition coefficient (Wildman–Crippen LogP) is 1.63. The number of carbonyl (C=O) groups is 1. The Hall–Kier alpha value is -2.12. The lowest BCUT2D eigenvalue weighted by Crippen LogP contribution is -2.49. The summed E-state index contributed by atoms with van der Waals surface area (Å²) >= 11 is 0. The van der Waals surface area contributed by atoms with E-state index in [2.05, 4.69) is 10.2 Å². The van der Waals surface area contributed by atoms with E-state index in [4.69, 9.17) is 0 Å². The van der Waals surface area contributed by atoms with Crippen molar-refractivity contribution >= 4 is 11.7 Å². The van der Waals surface area contributed by atoms with Gasteiger partial charge in [-0.3, -0.25) is 4.79 Å². The molecule has 0 aliphatic carbocycles. The summed E-state index contributed by atoms with van der Waals surface area (Å²) in [4.78, 5) is 15.3. The van der Waals surface area contributed by atoms with Crippen molar-refractivity contribution in [1.82, 2.24) is 15.1 Å². The normalized spacial score (nSPS) is 17.0. The van der Waals surface area contributed by atoms with Crippen LogP contribution in [0.3, 0.4) is 0 Å². The lowest BCUT2D eigenvalue weighted by atomic mass is 10.2. The van der Waals surface area contributed by atoms with E-state index in [-0.39, 0.29) is 11.6 Å². The molecule has 2 heterocycles. The van der Waals surface area contributed by atoms with E-state index in [1.54, 1.807) is 18.3 Å². The zero-order valence-corrected chi connectivity index (χ0v) is 11.5. The van der Waals surface area contributed by atoms with Crippen molar-refractivity contribution in [2.24, 2.45) is 0 Å². The number of aromatic nitrogens is 2. The molecule has 8 heteroatoms. The zero-order valence-electron chi connectivity index (χ0n) is 11.5. The number of rotatable bonds is 2. The lowest BCUT2D eigenvalue weighted by Gasteiger charge is -2.35. The summed E-state index contributed by atoms with van der Waals surface area (Å²) < 4.78 is 36.7. The Morgan fingerprint density at radius 2 is 1.95 bits per heavy atom. The van der Waals surface area contributed by atoms with Gasteiger partial charge in [0.25, 0.3) is 0 Å². The van der Waals surface area contributed by atoms with Gasteiger partial charge in [-0.1, -0.05) is 0 Å².